The first-order chi connectivity index (χ1) is 22.5. The summed E-state index contributed by atoms with van der Waals surface area (Å²) in [5.74, 6) is -8.33. The first-order valence-corrected chi connectivity index (χ1v) is 15.5. The normalized spacial score (nSPS) is 12.5. The fourth-order valence-electron chi connectivity index (χ4n) is 5.02. The SMILES string of the molecule is CCCCCC(C(=O)NCNC(=O)c1ccc(-c2cc(OCC)cc(C(F)(F)C(=O)O)c2)o1)C(CC)N(C=O)OCc1ccccc1. The van der Waals surface area contributed by atoms with Crippen LogP contribution in [0.1, 0.15) is 74.6 Å². The number of carbonyl (C=O) groups excluding carboxylic acids is 3. The molecule has 0 fully saturated rings. The maximum absolute atomic E-state index is 14.3. The highest BCUT2D eigenvalue weighted by Crippen LogP contribution is 2.35. The number of hydrogen-bond acceptors (Lipinski definition) is 7. The van der Waals surface area contributed by atoms with Gasteiger partial charge in [0, 0.05) is 11.1 Å². The molecule has 254 valence electrons. The number of unbranched alkanes of at least 4 members (excludes halogenated alkanes) is 2. The molecule has 0 radical (unpaired) electrons. The molecule has 3 aromatic rings. The zero-order valence-electron chi connectivity index (χ0n) is 26.7. The number of aliphatic carboxylic acids is 1. The summed E-state index contributed by atoms with van der Waals surface area (Å²) in [6, 6.07) is 14.7. The number of halogens is 2. The minimum atomic E-state index is -4.19. The molecule has 0 saturated carbocycles. The van der Waals surface area contributed by atoms with E-state index in [-0.39, 0.29) is 48.6 Å². The lowest BCUT2D eigenvalue weighted by molar-refractivity contribution is -0.200. The van der Waals surface area contributed by atoms with Crippen LogP contribution in [0.4, 0.5) is 8.78 Å². The Morgan fingerprint density at radius 3 is 2.40 bits per heavy atom. The third kappa shape index (κ3) is 10.1. The molecule has 2 atom stereocenters. The van der Waals surface area contributed by atoms with Crippen molar-refractivity contribution in [1.82, 2.24) is 15.7 Å². The molecule has 0 spiro atoms. The Morgan fingerprint density at radius 1 is 1.02 bits per heavy atom. The summed E-state index contributed by atoms with van der Waals surface area (Å²) in [7, 11) is 0. The number of furan rings is 1. The summed E-state index contributed by atoms with van der Waals surface area (Å²) in [4.78, 5) is 55.2. The molecule has 0 aliphatic rings. The van der Waals surface area contributed by atoms with Gasteiger partial charge in [0.1, 0.15) is 18.1 Å². The summed E-state index contributed by atoms with van der Waals surface area (Å²) in [5.41, 5.74) is 0.133. The van der Waals surface area contributed by atoms with Gasteiger partial charge in [0.05, 0.1) is 25.2 Å². The van der Waals surface area contributed by atoms with Crippen LogP contribution in [0.5, 0.6) is 5.75 Å². The molecule has 3 N–H and O–H groups in total. The standard InChI is InChI=1S/C34H41F2N3O8/c1-4-7-9-14-27(28(5-2)39(22-40)46-20-23-12-10-8-11-13-23)31(41)37-21-38-32(42)30-16-15-29(47-30)24-17-25(34(35,36)33(43)44)19-26(18-24)45-6-3/h8,10-13,15-19,22,27-28H,4-7,9,14,20-21H2,1-3H3,(H,37,41)(H,38,42)(H,43,44). The number of amides is 3. The lowest BCUT2D eigenvalue weighted by Crippen LogP contribution is -2.48. The monoisotopic (exact) mass is 657 g/mol. The first kappa shape index (κ1) is 36.7. The molecule has 2 aromatic carbocycles. The number of benzene rings is 2. The van der Waals surface area contributed by atoms with Gasteiger partial charge in [-0.3, -0.25) is 19.2 Å². The van der Waals surface area contributed by atoms with Crippen LogP contribution >= 0.6 is 0 Å². The van der Waals surface area contributed by atoms with Gasteiger partial charge in [-0.1, -0.05) is 63.4 Å². The fourth-order valence-corrected chi connectivity index (χ4v) is 5.02. The zero-order chi connectivity index (χ0) is 34.4. The van der Waals surface area contributed by atoms with Crippen molar-refractivity contribution in [3.63, 3.8) is 0 Å². The van der Waals surface area contributed by atoms with E-state index in [1.807, 2.05) is 44.2 Å². The van der Waals surface area contributed by atoms with E-state index in [2.05, 4.69) is 10.6 Å². The first-order valence-electron chi connectivity index (χ1n) is 15.5. The topological polar surface area (TPSA) is 147 Å². The largest absolute Gasteiger partial charge is 0.494 e. The number of hydroxylamine groups is 2. The van der Waals surface area contributed by atoms with Crippen LogP contribution in [0, 0.1) is 5.92 Å². The van der Waals surface area contributed by atoms with Gasteiger partial charge >= 0.3 is 11.9 Å². The summed E-state index contributed by atoms with van der Waals surface area (Å²) in [6.45, 7) is 5.59. The number of ether oxygens (including phenoxy) is 1. The van der Waals surface area contributed by atoms with E-state index < -0.39 is 35.3 Å². The minimum absolute atomic E-state index is 0.00326. The number of rotatable bonds is 20. The smallest absolute Gasteiger partial charge is 0.379 e. The molecule has 0 aliphatic heterocycles. The Bertz CT molecular complexity index is 1480. The van der Waals surface area contributed by atoms with E-state index in [0.29, 0.717) is 19.3 Å². The maximum Gasteiger partial charge on any atom is 0.379 e. The van der Waals surface area contributed by atoms with Gasteiger partial charge in [-0.25, -0.2) is 9.86 Å². The van der Waals surface area contributed by atoms with Crippen molar-refractivity contribution in [3.8, 4) is 17.1 Å². The molecule has 2 unspecified atom stereocenters. The van der Waals surface area contributed by atoms with E-state index in [1.54, 1.807) is 6.92 Å². The van der Waals surface area contributed by atoms with Gasteiger partial charge in [-0.15, -0.1) is 0 Å². The van der Waals surface area contributed by atoms with E-state index in [9.17, 15) is 28.0 Å². The number of carboxylic acids is 1. The Kier molecular flexibility index (Phi) is 13.9. The number of nitrogens with zero attached hydrogens (tertiary/aromatic N) is 1. The van der Waals surface area contributed by atoms with Gasteiger partial charge in [0.25, 0.3) is 5.91 Å². The van der Waals surface area contributed by atoms with E-state index in [4.69, 9.17) is 19.1 Å². The Labute approximate surface area is 272 Å². The molecule has 0 aliphatic carbocycles. The zero-order valence-corrected chi connectivity index (χ0v) is 26.7. The summed E-state index contributed by atoms with van der Waals surface area (Å²) in [5, 5.41) is 15.4. The molecule has 1 aromatic heterocycles. The highest BCUT2D eigenvalue weighted by molar-refractivity contribution is 5.92. The van der Waals surface area contributed by atoms with Crippen molar-refractivity contribution < 1.29 is 47.1 Å². The van der Waals surface area contributed by atoms with Gasteiger partial charge in [0.15, 0.2) is 5.76 Å². The minimum Gasteiger partial charge on any atom is -0.494 e. The van der Waals surface area contributed by atoms with Crippen LogP contribution in [-0.4, -0.2) is 53.7 Å². The van der Waals surface area contributed by atoms with Crippen LogP contribution in [-0.2, 0) is 31.8 Å². The lowest BCUT2D eigenvalue weighted by Gasteiger charge is -2.32. The highest BCUT2D eigenvalue weighted by Gasteiger charge is 2.42. The van der Waals surface area contributed by atoms with E-state index in [1.165, 1.54) is 23.3 Å². The summed E-state index contributed by atoms with van der Waals surface area (Å²) in [6.07, 6.45) is 4.10. The number of carboxylic acid groups (broad SMARTS) is 1. The maximum atomic E-state index is 14.3. The number of nitrogens with one attached hydrogen (secondary N) is 2. The van der Waals surface area contributed by atoms with Crippen LogP contribution in [0.3, 0.4) is 0 Å². The van der Waals surface area contributed by atoms with Crippen molar-refractivity contribution in [2.24, 2.45) is 5.92 Å². The average molecular weight is 658 g/mol. The van der Waals surface area contributed by atoms with Crippen molar-refractivity contribution in [2.75, 3.05) is 13.3 Å². The molecule has 13 heteroatoms. The summed E-state index contributed by atoms with van der Waals surface area (Å²) < 4.78 is 39.5. The molecule has 1 heterocycles. The molecule has 0 bridgehead atoms. The molecule has 47 heavy (non-hydrogen) atoms. The molecule has 3 rings (SSSR count). The van der Waals surface area contributed by atoms with Crippen molar-refractivity contribution >= 4 is 24.2 Å². The third-order valence-corrected chi connectivity index (χ3v) is 7.47. The summed E-state index contributed by atoms with van der Waals surface area (Å²) >= 11 is 0. The quantitative estimate of drug-likeness (QED) is 0.0590. The fraction of sp³-hybridized carbons (Fsp3) is 0.412. The number of carbonyl (C=O) groups is 4. The predicted molar refractivity (Wildman–Crippen MR) is 168 cm³/mol. The van der Waals surface area contributed by atoms with E-state index in [0.717, 1.165) is 37.0 Å². The van der Waals surface area contributed by atoms with Crippen LogP contribution < -0.4 is 15.4 Å². The Morgan fingerprint density at radius 2 is 1.77 bits per heavy atom. The van der Waals surface area contributed by atoms with Gasteiger partial charge in [0.2, 0.25) is 12.3 Å². The van der Waals surface area contributed by atoms with E-state index >= 15 is 0 Å². The highest BCUT2D eigenvalue weighted by atomic mass is 19.3. The second-order valence-corrected chi connectivity index (χ2v) is 10.7. The van der Waals surface area contributed by atoms with Gasteiger partial charge in [-0.05, 0) is 55.7 Å². The average Bonchev–Trinajstić information content (AvgIpc) is 3.57. The van der Waals surface area contributed by atoms with Gasteiger partial charge < -0.3 is 24.9 Å². The second-order valence-electron chi connectivity index (χ2n) is 10.7. The van der Waals surface area contributed by atoms with Crippen LogP contribution in [0.2, 0.25) is 0 Å². The number of alkyl halides is 2. The molecule has 11 nitrogen and oxygen atoms in total. The molecule has 3 amide bonds. The number of hydrogen-bond donors (Lipinski definition) is 3. The van der Waals surface area contributed by atoms with Crippen LogP contribution in [0.25, 0.3) is 11.3 Å². The predicted octanol–water partition coefficient (Wildman–Crippen LogP) is 5.89. The van der Waals surface area contributed by atoms with Crippen molar-refractivity contribution in [1.29, 1.82) is 0 Å². The van der Waals surface area contributed by atoms with Gasteiger partial charge in [-0.2, -0.15) is 8.78 Å². The second kappa shape index (κ2) is 17.8. The Hall–Kier alpha value is -4.78. The third-order valence-electron chi connectivity index (χ3n) is 7.47. The molecular formula is C34H41F2N3O8. The van der Waals surface area contributed by atoms with Crippen molar-refractivity contribution in [2.45, 2.75) is 71.4 Å². The van der Waals surface area contributed by atoms with Crippen LogP contribution in [0.15, 0.2) is 65.1 Å². The van der Waals surface area contributed by atoms with Crippen molar-refractivity contribution in [3.05, 3.63) is 77.6 Å². The lowest BCUT2D eigenvalue weighted by atomic mass is 9.90. The Balaban J connectivity index is 1.69. The molecular weight excluding hydrogens is 616 g/mol. The molecule has 0 saturated heterocycles.